The SMILES string of the molecule is Cc1nn(C)c(CC(NC(C)C)c2ccc(F)cn2)c1Cl. The zero-order chi connectivity index (χ0) is 15.6. The largest absolute Gasteiger partial charge is 0.306 e. The van der Waals surface area contributed by atoms with E-state index < -0.39 is 0 Å². The van der Waals surface area contributed by atoms with Gasteiger partial charge in [-0.1, -0.05) is 25.4 Å². The average molecular weight is 311 g/mol. The first kappa shape index (κ1) is 15.9. The molecule has 6 heteroatoms. The molecule has 0 fully saturated rings. The molecular formula is C15H20ClFN4. The zero-order valence-corrected chi connectivity index (χ0v) is 13.4. The molecule has 114 valence electrons. The molecule has 0 bridgehead atoms. The minimum atomic E-state index is -0.337. The number of aryl methyl sites for hydroxylation is 2. The van der Waals surface area contributed by atoms with Gasteiger partial charge in [-0.25, -0.2) is 4.39 Å². The second kappa shape index (κ2) is 6.54. The fourth-order valence-electron chi connectivity index (χ4n) is 2.34. The van der Waals surface area contributed by atoms with Crippen LogP contribution in [0.1, 0.15) is 37.0 Å². The van der Waals surface area contributed by atoms with Crippen molar-refractivity contribution in [2.24, 2.45) is 7.05 Å². The smallest absolute Gasteiger partial charge is 0.141 e. The van der Waals surface area contributed by atoms with Crippen LogP contribution in [0.4, 0.5) is 4.39 Å². The van der Waals surface area contributed by atoms with Gasteiger partial charge in [0.15, 0.2) is 0 Å². The Balaban J connectivity index is 2.30. The van der Waals surface area contributed by atoms with Crippen molar-refractivity contribution in [1.82, 2.24) is 20.1 Å². The minimum Gasteiger partial charge on any atom is -0.306 e. The summed E-state index contributed by atoms with van der Waals surface area (Å²) in [5, 5.41) is 8.45. The number of hydrogen-bond donors (Lipinski definition) is 1. The second-order valence-electron chi connectivity index (χ2n) is 5.45. The van der Waals surface area contributed by atoms with Crippen LogP contribution in [0.3, 0.4) is 0 Å². The highest BCUT2D eigenvalue weighted by Crippen LogP contribution is 2.25. The average Bonchev–Trinajstić information content (AvgIpc) is 2.65. The van der Waals surface area contributed by atoms with Crippen LogP contribution in [-0.2, 0) is 13.5 Å². The Morgan fingerprint density at radius 2 is 2.10 bits per heavy atom. The summed E-state index contributed by atoms with van der Waals surface area (Å²) in [6.45, 7) is 6.01. The number of hydrogen-bond acceptors (Lipinski definition) is 3. The van der Waals surface area contributed by atoms with Crippen LogP contribution in [0.25, 0.3) is 0 Å². The molecule has 0 aliphatic rings. The molecule has 0 saturated heterocycles. The maximum absolute atomic E-state index is 13.1. The molecule has 1 atom stereocenters. The van der Waals surface area contributed by atoms with E-state index in [1.54, 1.807) is 10.7 Å². The monoisotopic (exact) mass is 310 g/mol. The lowest BCUT2D eigenvalue weighted by atomic mass is 10.1. The molecule has 0 saturated carbocycles. The van der Waals surface area contributed by atoms with E-state index in [2.05, 4.69) is 29.2 Å². The van der Waals surface area contributed by atoms with Crippen molar-refractivity contribution < 1.29 is 4.39 Å². The Morgan fingerprint density at radius 1 is 1.38 bits per heavy atom. The van der Waals surface area contributed by atoms with E-state index in [-0.39, 0.29) is 17.9 Å². The molecule has 0 amide bonds. The Bertz CT molecular complexity index is 607. The molecule has 0 aliphatic carbocycles. The van der Waals surface area contributed by atoms with E-state index in [0.29, 0.717) is 11.4 Å². The van der Waals surface area contributed by atoms with Crippen LogP contribution >= 0.6 is 11.6 Å². The summed E-state index contributed by atoms with van der Waals surface area (Å²) in [7, 11) is 1.87. The van der Waals surface area contributed by atoms with Gasteiger partial charge >= 0.3 is 0 Å². The fourth-order valence-corrected chi connectivity index (χ4v) is 2.58. The minimum absolute atomic E-state index is 0.0436. The number of rotatable bonds is 5. The van der Waals surface area contributed by atoms with Gasteiger partial charge < -0.3 is 5.32 Å². The predicted octanol–water partition coefficient (Wildman–Crippen LogP) is 3.20. The van der Waals surface area contributed by atoms with Crippen LogP contribution in [0.2, 0.25) is 5.02 Å². The lowest BCUT2D eigenvalue weighted by molar-refractivity contribution is 0.454. The zero-order valence-electron chi connectivity index (χ0n) is 12.7. The van der Waals surface area contributed by atoms with Gasteiger partial charge in [-0.3, -0.25) is 9.67 Å². The standard InChI is InChI=1S/C15H20ClFN4/c1-9(2)19-13(12-6-5-11(17)8-18-12)7-14-15(16)10(3)20-21(14)4/h5-6,8-9,13,19H,7H2,1-4H3. The molecule has 1 unspecified atom stereocenters. The third-order valence-corrected chi connectivity index (χ3v) is 3.79. The molecule has 0 aromatic carbocycles. The van der Waals surface area contributed by atoms with Gasteiger partial charge in [0.25, 0.3) is 0 Å². The Morgan fingerprint density at radius 3 is 2.57 bits per heavy atom. The summed E-state index contributed by atoms with van der Waals surface area (Å²) < 4.78 is 14.8. The molecule has 0 aliphatic heterocycles. The summed E-state index contributed by atoms with van der Waals surface area (Å²) in [5.41, 5.74) is 2.54. The first-order chi connectivity index (χ1) is 9.88. The Hall–Kier alpha value is -1.46. The molecule has 4 nitrogen and oxygen atoms in total. The number of aromatic nitrogens is 3. The maximum Gasteiger partial charge on any atom is 0.141 e. The van der Waals surface area contributed by atoms with Crippen molar-refractivity contribution >= 4 is 11.6 Å². The molecule has 0 radical (unpaired) electrons. The normalized spacial score (nSPS) is 12.9. The highest BCUT2D eigenvalue weighted by atomic mass is 35.5. The van der Waals surface area contributed by atoms with Crippen molar-refractivity contribution in [3.8, 4) is 0 Å². The highest BCUT2D eigenvalue weighted by molar-refractivity contribution is 6.31. The summed E-state index contributed by atoms with van der Waals surface area (Å²) in [4.78, 5) is 4.18. The summed E-state index contributed by atoms with van der Waals surface area (Å²) in [6.07, 6.45) is 1.88. The number of nitrogens with zero attached hydrogens (tertiary/aromatic N) is 3. The number of nitrogens with one attached hydrogen (secondary N) is 1. The first-order valence-corrected chi connectivity index (χ1v) is 7.31. The topological polar surface area (TPSA) is 42.7 Å². The van der Waals surface area contributed by atoms with Crippen LogP contribution in [0.15, 0.2) is 18.3 Å². The van der Waals surface area contributed by atoms with E-state index in [4.69, 9.17) is 11.6 Å². The van der Waals surface area contributed by atoms with Gasteiger partial charge in [0.1, 0.15) is 5.82 Å². The van der Waals surface area contributed by atoms with E-state index >= 15 is 0 Å². The van der Waals surface area contributed by atoms with Gasteiger partial charge in [-0.05, 0) is 19.1 Å². The molecule has 2 aromatic heterocycles. The van der Waals surface area contributed by atoms with E-state index in [1.165, 1.54) is 12.3 Å². The van der Waals surface area contributed by atoms with Crippen molar-refractivity contribution in [2.75, 3.05) is 0 Å². The molecule has 0 spiro atoms. The van der Waals surface area contributed by atoms with Gasteiger partial charge in [-0.2, -0.15) is 5.10 Å². The molecule has 21 heavy (non-hydrogen) atoms. The summed E-state index contributed by atoms with van der Waals surface area (Å²) >= 11 is 6.32. The lowest BCUT2D eigenvalue weighted by Crippen LogP contribution is -2.30. The summed E-state index contributed by atoms with van der Waals surface area (Å²) in [6, 6.07) is 3.35. The molecular weight excluding hydrogens is 291 g/mol. The molecule has 2 rings (SSSR count). The number of halogens is 2. The predicted molar refractivity (Wildman–Crippen MR) is 81.9 cm³/mol. The molecule has 1 N–H and O–H groups in total. The Labute approximate surface area is 129 Å². The first-order valence-electron chi connectivity index (χ1n) is 6.94. The van der Waals surface area contributed by atoms with Gasteiger partial charge in [-0.15, -0.1) is 0 Å². The fraction of sp³-hybridized carbons (Fsp3) is 0.467. The summed E-state index contributed by atoms with van der Waals surface area (Å²) in [5.74, 6) is -0.337. The van der Waals surface area contributed by atoms with E-state index in [0.717, 1.165) is 17.1 Å². The van der Waals surface area contributed by atoms with Crippen molar-refractivity contribution in [3.63, 3.8) is 0 Å². The third kappa shape index (κ3) is 3.80. The second-order valence-corrected chi connectivity index (χ2v) is 5.83. The number of pyridine rings is 1. The van der Waals surface area contributed by atoms with E-state index in [1.807, 2.05) is 14.0 Å². The molecule has 2 heterocycles. The van der Waals surface area contributed by atoms with E-state index in [9.17, 15) is 4.39 Å². The van der Waals surface area contributed by atoms with Crippen LogP contribution in [-0.4, -0.2) is 20.8 Å². The van der Waals surface area contributed by atoms with Crippen LogP contribution in [0.5, 0.6) is 0 Å². The Kier molecular flexibility index (Phi) is 4.96. The molecule has 2 aromatic rings. The van der Waals surface area contributed by atoms with Crippen molar-refractivity contribution in [1.29, 1.82) is 0 Å². The van der Waals surface area contributed by atoms with Crippen LogP contribution < -0.4 is 5.32 Å². The maximum atomic E-state index is 13.1. The van der Waals surface area contributed by atoms with Gasteiger partial charge in [0, 0.05) is 19.5 Å². The van der Waals surface area contributed by atoms with Crippen molar-refractivity contribution in [3.05, 3.63) is 46.3 Å². The van der Waals surface area contributed by atoms with Gasteiger partial charge in [0.2, 0.25) is 0 Å². The van der Waals surface area contributed by atoms with Gasteiger partial charge in [0.05, 0.1) is 34.3 Å². The third-order valence-electron chi connectivity index (χ3n) is 3.30. The van der Waals surface area contributed by atoms with Crippen LogP contribution in [0, 0.1) is 12.7 Å². The highest BCUT2D eigenvalue weighted by Gasteiger charge is 2.20. The quantitative estimate of drug-likeness (QED) is 0.922. The lowest BCUT2D eigenvalue weighted by Gasteiger charge is -2.21. The van der Waals surface area contributed by atoms with Crippen molar-refractivity contribution in [2.45, 2.75) is 39.3 Å².